The first-order valence-corrected chi connectivity index (χ1v) is 8.79. The van der Waals surface area contributed by atoms with Gasteiger partial charge in [0, 0.05) is 6.54 Å². The van der Waals surface area contributed by atoms with E-state index < -0.39 is 0 Å². The molecule has 7 heteroatoms. The highest BCUT2D eigenvalue weighted by atomic mass is 16.3. The molecule has 0 saturated heterocycles. The number of urea groups is 1. The Bertz CT molecular complexity index is 671. The maximum atomic E-state index is 12.1. The topological polar surface area (TPSA) is 92.1 Å². The highest BCUT2D eigenvalue weighted by Crippen LogP contribution is 2.23. The van der Waals surface area contributed by atoms with E-state index in [1.165, 1.54) is 6.33 Å². The number of aromatic nitrogens is 3. The van der Waals surface area contributed by atoms with Gasteiger partial charge in [-0.3, -0.25) is 0 Å². The minimum absolute atomic E-state index is 0.0956. The smallest absolute Gasteiger partial charge is 0.315 e. The van der Waals surface area contributed by atoms with Gasteiger partial charge in [0.1, 0.15) is 12.7 Å². The monoisotopic (exact) mass is 343 g/mol. The zero-order chi connectivity index (χ0) is 17.6. The van der Waals surface area contributed by atoms with E-state index in [2.05, 4.69) is 20.7 Å². The largest absolute Gasteiger partial charge is 0.393 e. The molecule has 1 aliphatic carbocycles. The molecule has 1 aromatic carbocycles. The zero-order valence-corrected chi connectivity index (χ0v) is 14.4. The molecule has 1 fully saturated rings. The molecule has 1 saturated carbocycles. The lowest BCUT2D eigenvalue weighted by Gasteiger charge is -2.26. The maximum Gasteiger partial charge on any atom is 0.315 e. The van der Waals surface area contributed by atoms with E-state index in [1.807, 2.05) is 31.2 Å². The third-order valence-electron chi connectivity index (χ3n) is 4.73. The molecule has 7 nitrogen and oxygen atoms in total. The summed E-state index contributed by atoms with van der Waals surface area (Å²) in [5.41, 5.74) is 1.95. The van der Waals surface area contributed by atoms with Crippen LogP contribution in [0.1, 0.15) is 44.2 Å². The van der Waals surface area contributed by atoms with Gasteiger partial charge in [-0.05, 0) is 49.8 Å². The molecule has 134 valence electrons. The second-order valence-corrected chi connectivity index (χ2v) is 6.69. The molecule has 3 unspecified atom stereocenters. The number of nitrogens with one attached hydrogen (secondary N) is 2. The Balaban J connectivity index is 1.48. The summed E-state index contributed by atoms with van der Waals surface area (Å²) in [5, 5.41) is 19.7. The summed E-state index contributed by atoms with van der Waals surface area (Å²) in [7, 11) is 0. The van der Waals surface area contributed by atoms with E-state index in [0.29, 0.717) is 12.5 Å². The highest BCUT2D eigenvalue weighted by molar-refractivity contribution is 5.74. The summed E-state index contributed by atoms with van der Waals surface area (Å²) in [6.07, 6.45) is 6.68. The molecule has 3 atom stereocenters. The Morgan fingerprint density at radius 3 is 2.84 bits per heavy atom. The van der Waals surface area contributed by atoms with Gasteiger partial charge in [-0.2, -0.15) is 5.10 Å². The van der Waals surface area contributed by atoms with Crippen molar-refractivity contribution in [1.82, 2.24) is 25.4 Å². The van der Waals surface area contributed by atoms with Gasteiger partial charge >= 0.3 is 6.03 Å². The molecule has 0 radical (unpaired) electrons. The van der Waals surface area contributed by atoms with Crippen molar-refractivity contribution in [3.05, 3.63) is 42.5 Å². The number of benzene rings is 1. The number of rotatable bonds is 5. The summed E-state index contributed by atoms with van der Waals surface area (Å²) >= 11 is 0. The molecular formula is C18H25N5O2. The van der Waals surface area contributed by atoms with Crippen LogP contribution in [0.4, 0.5) is 4.79 Å². The van der Waals surface area contributed by atoms with Crippen LogP contribution >= 0.6 is 0 Å². The Kier molecular flexibility index (Phi) is 5.65. The molecule has 1 heterocycles. The van der Waals surface area contributed by atoms with Gasteiger partial charge in [-0.1, -0.05) is 18.6 Å². The van der Waals surface area contributed by atoms with Crippen molar-refractivity contribution in [1.29, 1.82) is 0 Å². The van der Waals surface area contributed by atoms with Crippen LogP contribution in [0.25, 0.3) is 5.69 Å². The number of carbonyl (C=O) groups is 1. The van der Waals surface area contributed by atoms with E-state index in [1.54, 1.807) is 11.0 Å². The van der Waals surface area contributed by atoms with Crippen molar-refractivity contribution < 1.29 is 9.90 Å². The number of nitrogens with zero attached hydrogens (tertiary/aromatic N) is 3. The summed E-state index contributed by atoms with van der Waals surface area (Å²) in [4.78, 5) is 16.0. The SMILES string of the molecule is CC(NC(=O)NCC1CCCC(O)C1)c1ccc(-n2cncn2)cc1. The average molecular weight is 343 g/mol. The molecule has 3 rings (SSSR count). The molecule has 3 N–H and O–H groups in total. The Morgan fingerprint density at radius 1 is 1.36 bits per heavy atom. The fourth-order valence-electron chi connectivity index (χ4n) is 3.27. The third kappa shape index (κ3) is 4.79. The summed E-state index contributed by atoms with van der Waals surface area (Å²) in [5.74, 6) is 0.367. The first-order chi connectivity index (χ1) is 12.1. The number of hydrogen-bond donors (Lipinski definition) is 3. The summed E-state index contributed by atoms with van der Waals surface area (Å²) in [6, 6.07) is 7.57. The lowest BCUT2D eigenvalue weighted by Crippen LogP contribution is -2.40. The minimum Gasteiger partial charge on any atom is -0.393 e. The fourth-order valence-corrected chi connectivity index (χ4v) is 3.27. The molecular weight excluding hydrogens is 318 g/mol. The number of aliphatic hydroxyl groups is 1. The predicted molar refractivity (Wildman–Crippen MR) is 94.3 cm³/mol. The van der Waals surface area contributed by atoms with Crippen LogP contribution in [0.3, 0.4) is 0 Å². The summed E-state index contributed by atoms with van der Waals surface area (Å²) < 4.78 is 1.69. The van der Waals surface area contributed by atoms with E-state index in [0.717, 1.165) is 36.9 Å². The molecule has 2 amide bonds. The molecule has 2 aromatic rings. The van der Waals surface area contributed by atoms with E-state index in [-0.39, 0.29) is 18.2 Å². The second-order valence-electron chi connectivity index (χ2n) is 6.69. The van der Waals surface area contributed by atoms with Gasteiger partial charge in [0.05, 0.1) is 17.8 Å². The molecule has 25 heavy (non-hydrogen) atoms. The van der Waals surface area contributed by atoms with Crippen LogP contribution in [0.2, 0.25) is 0 Å². The molecule has 0 aliphatic heterocycles. The van der Waals surface area contributed by atoms with Gasteiger partial charge in [-0.15, -0.1) is 0 Å². The lowest BCUT2D eigenvalue weighted by molar-refractivity contribution is 0.101. The van der Waals surface area contributed by atoms with Crippen LogP contribution in [-0.2, 0) is 0 Å². The second kappa shape index (κ2) is 8.11. The van der Waals surface area contributed by atoms with Crippen LogP contribution in [0, 0.1) is 5.92 Å². The number of carbonyl (C=O) groups excluding carboxylic acids is 1. The van der Waals surface area contributed by atoms with Crippen molar-refractivity contribution in [3.63, 3.8) is 0 Å². The number of hydrogen-bond acceptors (Lipinski definition) is 4. The standard InChI is InChI=1S/C18H25N5O2/c1-13(15-5-7-16(8-6-15)23-12-19-11-21-23)22-18(25)20-10-14-3-2-4-17(24)9-14/h5-8,11-14,17,24H,2-4,9-10H2,1H3,(H2,20,22,25). The molecule has 0 spiro atoms. The molecule has 1 aliphatic rings. The lowest BCUT2D eigenvalue weighted by atomic mass is 9.87. The van der Waals surface area contributed by atoms with Crippen LogP contribution in [0.15, 0.2) is 36.9 Å². The van der Waals surface area contributed by atoms with Gasteiger partial charge in [0.25, 0.3) is 0 Å². The van der Waals surface area contributed by atoms with Crippen molar-refractivity contribution in [2.75, 3.05) is 6.54 Å². The van der Waals surface area contributed by atoms with Crippen LogP contribution < -0.4 is 10.6 Å². The normalized spacial score (nSPS) is 21.5. The van der Waals surface area contributed by atoms with Crippen LogP contribution in [-0.4, -0.2) is 38.6 Å². The Morgan fingerprint density at radius 2 is 2.16 bits per heavy atom. The van der Waals surface area contributed by atoms with Crippen LogP contribution in [0.5, 0.6) is 0 Å². The fraction of sp³-hybridized carbons (Fsp3) is 0.500. The van der Waals surface area contributed by atoms with E-state index in [4.69, 9.17) is 0 Å². The maximum absolute atomic E-state index is 12.1. The van der Waals surface area contributed by atoms with Crippen molar-refractivity contribution in [2.24, 2.45) is 5.92 Å². The highest BCUT2D eigenvalue weighted by Gasteiger charge is 2.20. The average Bonchev–Trinajstić information content (AvgIpc) is 3.15. The number of aliphatic hydroxyl groups excluding tert-OH is 1. The predicted octanol–water partition coefficient (Wildman–Crippen LogP) is 2.18. The van der Waals surface area contributed by atoms with Crippen molar-refractivity contribution >= 4 is 6.03 Å². The molecule has 1 aromatic heterocycles. The summed E-state index contributed by atoms with van der Waals surface area (Å²) in [6.45, 7) is 2.56. The molecule has 0 bridgehead atoms. The van der Waals surface area contributed by atoms with E-state index in [9.17, 15) is 9.90 Å². The first kappa shape index (κ1) is 17.4. The first-order valence-electron chi connectivity index (χ1n) is 8.79. The quantitative estimate of drug-likeness (QED) is 0.776. The zero-order valence-electron chi connectivity index (χ0n) is 14.4. The Hall–Kier alpha value is -2.41. The van der Waals surface area contributed by atoms with E-state index >= 15 is 0 Å². The minimum atomic E-state index is -0.217. The third-order valence-corrected chi connectivity index (χ3v) is 4.73. The van der Waals surface area contributed by atoms with Gasteiger partial charge < -0.3 is 15.7 Å². The number of amides is 2. The van der Waals surface area contributed by atoms with Gasteiger partial charge in [0.2, 0.25) is 0 Å². The van der Waals surface area contributed by atoms with Gasteiger partial charge in [0.15, 0.2) is 0 Å². The van der Waals surface area contributed by atoms with Gasteiger partial charge in [-0.25, -0.2) is 14.5 Å². The van der Waals surface area contributed by atoms with Crippen molar-refractivity contribution in [2.45, 2.75) is 44.8 Å². The van der Waals surface area contributed by atoms with Crippen molar-refractivity contribution in [3.8, 4) is 5.69 Å². The Labute approximate surface area is 147 Å².